The maximum Gasteiger partial charge on any atom is 0.339 e. The zero-order valence-corrected chi connectivity index (χ0v) is 16.6. The Hall–Kier alpha value is -2.79. The van der Waals surface area contributed by atoms with Gasteiger partial charge in [-0.15, -0.1) is 0 Å². The van der Waals surface area contributed by atoms with Crippen molar-refractivity contribution in [2.45, 2.75) is 33.2 Å². The summed E-state index contributed by atoms with van der Waals surface area (Å²) in [6.45, 7) is 6.33. The summed E-state index contributed by atoms with van der Waals surface area (Å²) in [5, 5.41) is 1.01. The number of hydrogen-bond donors (Lipinski definition) is 1. The van der Waals surface area contributed by atoms with Gasteiger partial charge in [0.1, 0.15) is 18.0 Å². The maximum absolute atomic E-state index is 12.4. The molecule has 5 nitrogen and oxygen atoms in total. The van der Waals surface area contributed by atoms with Crippen LogP contribution >= 0.6 is 0 Å². The third kappa shape index (κ3) is 3.38. The predicted octanol–water partition coefficient (Wildman–Crippen LogP) is 2.65. The molecule has 146 valence electrons. The van der Waals surface area contributed by atoms with Crippen molar-refractivity contribution in [3.63, 3.8) is 0 Å². The second kappa shape index (κ2) is 7.68. The topological polar surface area (TPSA) is 53.1 Å². The van der Waals surface area contributed by atoms with E-state index >= 15 is 0 Å². The van der Waals surface area contributed by atoms with Gasteiger partial charge in [-0.25, -0.2) is 4.79 Å². The number of fused-ring (bicyclic) bond motifs is 3. The van der Waals surface area contributed by atoms with Crippen molar-refractivity contribution in [2.24, 2.45) is 0 Å². The lowest BCUT2D eigenvalue weighted by molar-refractivity contribution is -0.932. The molecule has 2 heterocycles. The van der Waals surface area contributed by atoms with Crippen LogP contribution in [0.3, 0.4) is 0 Å². The first kappa shape index (κ1) is 18.6. The molecule has 0 fully saturated rings. The van der Waals surface area contributed by atoms with Gasteiger partial charge in [0.05, 0.1) is 19.2 Å². The zero-order valence-electron chi connectivity index (χ0n) is 16.6. The van der Waals surface area contributed by atoms with E-state index in [1.54, 1.807) is 7.11 Å². The first-order valence-electron chi connectivity index (χ1n) is 9.78. The van der Waals surface area contributed by atoms with E-state index in [2.05, 4.69) is 12.1 Å². The van der Waals surface area contributed by atoms with Crippen LogP contribution in [0.1, 0.15) is 29.2 Å². The highest BCUT2D eigenvalue weighted by Gasteiger charge is 2.25. The number of methoxy groups -OCH3 is 1. The summed E-state index contributed by atoms with van der Waals surface area (Å²) in [7, 11) is 1.68. The van der Waals surface area contributed by atoms with Crippen LogP contribution in [-0.2, 0) is 19.4 Å². The molecule has 3 aromatic rings. The van der Waals surface area contributed by atoms with E-state index in [1.807, 2.05) is 38.1 Å². The number of aryl methyl sites for hydroxylation is 1. The summed E-state index contributed by atoms with van der Waals surface area (Å²) in [6.07, 6.45) is 1.63. The first-order chi connectivity index (χ1) is 13.6. The molecule has 1 N–H and O–H groups in total. The van der Waals surface area contributed by atoms with Crippen LogP contribution in [0.4, 0.5) is 0 Å². The van der Waals surface area contributed by atoms with E-state index in [1.165, 1.54) is 10.5 Å². The van der Waals surface area contributed by atoms with Crippen LogP contribution in [0.5, 0.6) is 11.5 Å². The van der Waals surface area contributed by atoms with E-state index in [4.69, 9.17) is 13.9 Å². The summed E-state index contributed by atoms with van der Waals surface area (Å²) >= 11 is 0. The fourth-order valence-corrected chi connectivity index (χ4v) is 3.96. The van der Waals surface area contributed by atoms with Gasteiger partial charge in [-0.2, -0.15) is 0 Å². The monoisotopic (exact) mass is 380 g/mol. The molecule has 4 rings (SSSR count). The quantitative estimate of drug-likeness (QED) is 0.692. The van der Waals surface area contributed by atoms with Crippen molar-refractivity contribution in [3.05, 3.63) is 69.1 Å². The highest BCUT2D eigenvalue weighted by atomic mass is 16.5. The smallest absolute Gasteiger partial charge is 0.339 e. The minimum absolute atomic E-state index is 0.230. The predicted molar refractivity (Wildman–Crippen MR) is 108 cm³/mol. The average Bonchev–Trinajstić information content (AvgIpc) is 2.72. The summed E-state index contributed by atoms with van der Waals surface area (Å²) in [6, 6.07) is 12.2. The first-order valence-corrected chi connectivity index (χ1v) is 9.78. The van der Waals surface area contributed by atoms with Crippen LogP contribution in [0.25, 0.3) is 11.0 Å². The second-order valence-corrected chi connectivity index (χ2v) is 7.33. The number of nitrogens with one attached hydrogen (secondary N) is 1. The molecule has 28 heavy (non-hydrogen) atoms. The number of ether oxygens (including phenoxy) is 2. The molecule has 0 saturated carbocycles. The molecule has 1 atom stereocenters. The van der Waals surface area contributed by atoms with E-state index in [-0.39, 0.29) is 5.63 Å². The molecule has 0 amide bonds. The second-order valence-electron chi connectivity index (χ2n) is 7.33. The fourth-order valence-electron chi connectivity index (χ4n) is 3.96. The molecule has 1 aliphatic rings. The van der Waals surface area contributed by atoms with Crippen molar-refractivity contribution in [1.82, 2.24) is 0 Å². The Kier molecular flexibility index (Phi) is 5.09. The van der Waals surface area contributed by atoms with E-state index in [9.17, 15) is 4.79 Å². The maximum atomic E-state index is 12.4. The highest BCUT2D eigenvalue weighted by Crippen LogP contribution is 2.30. The van der Waals surface area contributed by atoms with Gasteiger partial charge in [-0.3, -0.25) is 4.90 Å². The van der Waals surface area contributed by atoms with Crippen LogP contribution in [-0.4, -0.2) is 20.4 Å². The van der Waals surface area contributed by atoms with Crippen LogP contribution in [0, 0.1) is 6.92 Å². The van der Waals surface area contributed by atoms with Crippen molar-refractivity contribution in [2.75, 3.05) is 20.4 Å². The Balaban J connectivity index is 1.58. The molecule has 2 aromatic carbocycles. The summed E-state index contributed by atoms with van der Waals surface area (Å²) < 4.78 is 16.9. The Morgan fingerprint density at radius 2 is 1.93 bits per heavy atom. The van der Waals surface area contributed by atoms with Gasteiger partial charge in [0.2, 0.25) is 6.73 Å². The van der Waals surface area contributed by atoms with Gasteiger partial charge >= 0.3 is 5.63 Å². The van der Waals surface area contributed by atoms with Crippen LogP contribution in [0.15, 0.2) is 45.6 Å². The Morgan fingerprint density at radius 1 is 1.14 bits per heavy atom. The standard InChI is InChI=1S/C23H25NO4/c1-4-18-15(2)19-9-10-21-20(22(19)28-23(18)25)13-24(14-27-21)12-11-16-5-7-17(26-3)8-6-16/h5-10H,4,11-14H2,1-3H3/p+1. The number of benzene rings is 2. The highest BCUT2D eigenvalue weighted by molar-refractivity contribution is 5.85. The Labute approximate surface area is 164 Å². The lowest BCUT2D eigenvalue weighted by atomic mass is 10.0. The number of rotatable bonds is 5. The normalized spacial score (nSPS) is 15.9. The lowest BCUT2D eigenvalue weighted by Gasteiger charge is -2.26. The molecule has 1 aliphatic heterocycles. The van der Waals surface area contributed by atoms with Crippen molar-refractivity contribution < 1.29 is 18.8 Å². The molecule has 5 heteroatoms. The fraction of sp³-hybridized carbons (Fsp3) is 0.348. The Bertz CT molecular complexity index is 1050. The van der Waals surface area contributed by atoms with Gasteiger partial charge in [-0.1, -0.05) is 19.1 Å². The molecule has 0 saturated heterocycles. The SMILES string of the molecule is CCc1c(C)c2ccc3c(c2oc1=O)C[NH+](CCc1ccc(OC)cc1)CO3. The van der Waals surface area contributed by atoms with E-state index in [0.29, 0.717) is 18.7 Å². The van der Waals surface area contributed by atoms with E-state index in [0.717, 1.165) is 53.1 Å². The van der Waals surface area contributed by atoms with Crippen molar-refractivity contribution in [3.8, 4) is 11.5 Å². The molecule has 0 radical (unpaired) electrons. The van der Waals surface area contributed by atoms with Crippen LogP contribution < -0.4 is 20.0 Å². The number of quaternary nitrogens is 1. The van der Waals surface area contributed by atoms with E-state index < -0.39 is 0 Å². The van der Waals surface area contributed by atoms with Gasteiger partial charge in [0.15, 0.2) is 5.58 Å². The Morgan fingerprint density at radius 3 is 2.64 bits per heavy atom. The van der Waals surface area contributed by atoms with Crippen LogP contribution in [0.2, 0.25) is 0 Å². The molecule has 0 bridgehead atoms. The lowest BCUT2D eigenvalue weighted by Crippen LogP contribution is -3.12. The van der Waals surface area contributed by atoms with Gasteiger partial charge in [0, 0.05) is 17.4 Å². The van der Waals surface area contributed by atoms with Gasteiger partial charge < -0.3 is 13.9 Å². The third-order valence-electron chi connectivity index (χ3n) is 5.65. The average molecular weight is 380 g/mol. The molecule has 1 unspecified atom stereocenters. The van der Waals surface area contributed by atoms with Gasteiger partial charge in [-0.05, 0) is 48.7 Å². The molecular formula is C23H26NO4+. The van der Waals surface area contributed by atoms with Gasteiger partial charge in [0.25, 0.3) is 0 Å². The van der Waals surface area contributed by atoms with Crippen molar-refractivity contribution in [1.29, 1.82) is 0 Å². The zero-order chi connectivity index (χ0) is 19.7. The molecule has 1 aromatic heterocycles. The minimum atomic E-state index is -0.230. The molecule has 0 aliphatic carbocycles. The molecular weight excluding hydrogens is 354 g/mol. The largest absolute Gasteiger partial charge is 0.497 e. The summed E-state index contributed by atoms with van der Waals surface area (Å²) in [5.74, 6) is 1.70. The molecule has 0 spiro atoms. The number of hydrogen-bond acceptors (Lipinski definition) is 4. The third-order valence-corrected chi connectivity index (χ3v) is 5.65. The van der Waals surface area contributed by atoms with Crippen molar-refractivity contribution >= 4 is 11.0 Å². The summed E-state index contributed by atoms with van der Waals surface area (Å²) in [4.78, 5) is 13.7. The summed E-state index contributed by atoms with van der Waals surface area (Å²) in [5.41, 5.74) is 4.49. The minimum Gasteiger partial charge on any atom is -0.497 e.